The van der Waals surface area contributed by atoms with Crippen molar-refractivity contribution in [1.82, 2.24) is 9.78 Å². The molecule has 0 aliphatic heterocycles. The predicted molar refractivity (Wildman–Crippen MR) is 82.8 cm³/mol. The molecular weight excluding hydrogens is 280 g/mol. The van der Waals surface area contributed by atoms with E-state index in [0.717, 1.165) is 16.8 Å². The van der Waals surface area contributed by atoms with Crippen LogP contribution in [0.2, 0.25) is 0 Å². The maximum absolute atomic E-state index is 12.3. The van der Waals surface area contributed by atoms with Gasteiger partial charge in [-0.05, 0) is 19.4 Å². The fraction of sp³-hybridized carbons (Fsp3) is 0.353. The van der Waals surface area contributed by atoms with Crippen LogP contribution < -0.4 is 0 Å². The number of Topliss-reactive ketones (excluding diaryl/α,β-unsaturated/α-hetero) is 1. The Hall–Kier alpha value is -2.43. The van der Waals surface area contributed by atoms with E-state index in [1.165, 1.54) is 0 Å². The van der Waals surface area contributed by atoms with Gasteiger partial charge >= 0.3 is 5.97 Å². The number of ether oxygens (including phenoxy) is 1. The Kier molecular flexibility index (Phi) is 5.09. The van der Waals surface area contributed by atoms with Gasteiger partial charge in [0.05, 0.1) is 6.61 Å². The number of aromatic nitrogens is 2. The Bertz CT molecular complexity index is 675. The van der Waals surface area contributed by atoms with E-state index in [0.29, 0.717) is 12.1 Å². The van der Waals surface area contributed by atoms with Crippen LogP contribution in [-0.2, 0) is 23.0 Å². The van der Waals surface area contributed by atoms with Gasteiger partial charge in [0.1, 0.15) is 12.1 Å². The molecule has 2 rings (SSSR count). The van der Waals surface area contributed by atoms with Gasteiger partial charge in [-0.15, -0.1) is 0 Å². The molecule has 0 fully saturated rings. The normalized spacial score (nSPS) is 10.5. The summed E-state index contributed by atoms with van der Waals surface area (Å²) in [7, 11) is 1.80. The lowest BCUT2D eigenvalue weighted by atomic mass is 10.0. The van der Waals surface area contributed by atoms with Gasteiger partial charge in [-0.1, -0.05) is 30.3 Å². The average molecular weight is 300 g/mol. The first-order chi connectivity index (χ1) is 10.5. The standard InChI is InChI=1S/C17H20N2O3/c1-4-22-16(21)11-15(20)17-14(12(2)19(3)18-17)10-13-8-6-5-7-9-13/h5-9H,4,10-11H2,1-3H3. The van der Waals surface area contributed by atoms with Gasteiger partial charge in [-0.25, -0.2) is 0 Å². The molecular formula is C17H20N2O3. The van der Waals surface area contributed by atoms with Crippen molar-refractivity contribution in [3.8, 4) is 0 Å². The number of hydrogen-bond donors (Lipinski definition) is 0. The van der Waals surface area contributed by atoms with Crippen LogP contribution >= 0.6 is 0 Å². The predicted octanol–water partition coefficient (Wildman–Crippen LogP) is 2.46. The molecule has 5 nitrogen and oxygen atoms in total. The van der Waals surface area contributed by atoms with Gasteiger partial charge in [-0.3, -0.25) is 14.3 Å². The third kappa shape index (κ3) is 3.61. The highest BCUT2D eigenvalue weighted by atomic mass is 16.5. The summed E-state index contributed by atoms with van der Waals surface area (Å²) in [5, 5.41) is 4.28. The van der Waals surface area contributed by atoms with Crippen LogP contribution in [-0.4, -0.2) is 28.1 Å². The summed E-state index contributed by atoms with van der Waals surface area (Å²) < 4.78 is 6.51. The van der Waals surface area contributed by atoms with Crippen LogP contribution in [0.1, 0.15) is 40.7 Å². The average Bonchev–Trinajstić information content (AvgIpc) is 2.77. The van der Waals surface area contributed by atoms with Gasteiger partial charge in [0.2, 0.25) is 0 Å². The first-order valence-electron chi connectivity index (χ1n) is 7.28. The zero-order chi connectivity index (χ0) is 16.1. The van der Waals surface area contributed by atoms with Crippen molar-refractivity contribution in [3.05, 3.63) is 52.8 Å². The van der Waals surface area contributed by atoms with Gasteiger partial charge in [0.25, 0.3) is 0 Å². The zero-order valence-electron chi connectivity index (χ0n) is 13.1. The van der Waals surface area contributed by atoms with Crippen LogP contribution in [0, 0.1) is 6.92 Å². The van der Waals surface area contributed by atoms with E-state index in [1.54, 1.807) is 18.7 Å². The van der Waals surface area contributed by atoms with Gasteiger partial charge in [0.15, 0.2) is 5.78 Å². The molecule has 22 heavy (non-hydrogen) atoms. The molecule has 0 bridgehead atoms. The topological polar surface area (TPSA) is 61.2 Å². The molecule has 0 atom stereocenters. The highest BCUT2D eigenvalue weighted by molar-refractivity contribution is 6.05. The van der Waals surface area contributed by atoms with E-state index < -0.39 is 5.97 Å². The minimum absolute atomic E-state index is 0.268. The molecule has 0 N–H and O–H groups in total. The summed E-state index contributed by atoms with van der Waals surface area (Å²) >= 11 is 0. The molecule has 0 radical (unpaired) electrons. The van der Waals surface area contributed by atoms with E-state index in [1.807, 2.05) is 37.3 Å². The lowest BCUT2D eigenvalue weighted by Crippen LogP contribution is -2.13. The van der Waals surface area contributed by atoms with E-state index in [4.69, 9.17) is 4.74 Å². The van der Waals surface area contributed by atoms with E-state index in [2.05, 4.69) is 5.10 Å². The highest BCUT2D eigenvalue weighted by Gasteiger charge is 2.22. The van der Waals surface area contributed by atoms with Crippen molar-refractivity contribution in [2.45, 2.75) is 26.7 Å². The van der Waals surface area contributed by atoms with Crippen molar-refractivity contribution < 1.29 is 14.3 Å². The number of rotatable bonds is 6. The Morgan fingerprint density at radius 2 is 1.91 bits per heavy atom. The van der Waals surface area contributed by atoms with Gasteiger partial charge in [-0.2, -0.15) is 5.10 Å². The monoisotopic (exact) mass is 300 g/mol. The maximum atomic E-state index is 12.3. The number of carbonyl (C=O) groups is 2. The molecule has 0 saturated carbocycles. The lowest BCUT2D eigenvalue weighted by molar-refractivity contribution is -0.141. The second-order valence-electron chi connectivity index (χ2n) is 5.10. The quantitative estimate of drug-likeness (QED) is 0.467. The molecule has 1 aromatic heterocycles. The number of nitrogens with zero attached hydrogens (tertiary/aromatic N) is 2. The Morgan fingerprint density at radius 3 is 2.55 bits per heavy atom. The number of esters is 1. The summed E-state index contributed by atoms with van der Waals surface area (Å²) in [5.74, 6) is -0.811. The van der Waals surface area contributed by atoms with E-state index in [9.17, 15) is 9.59 Å². The van der Waals surface area contributed by atoms with Crippen molar-refractivity contribution in [2.75, 3.05) is 6.61 Å². The molecule has 1 aromatic carbocycles. The van der Waals surface area contributed by atoms with Crippen LogP contribution in [0.4, 0.5) is 0 Å². The van der Waals surface area contributed by atoms with Crippen LogP contribution in [0.15, 0.2) is 30.3 Å². The first-order valence-corrected chi connectivity index (χ1v) is 7.28. The van der Waals surface area contributed by atoms with Crippen LogP contribution in [0.25, 0.3) is 0 Å². The third-order valence-electron chi connectivity index (χ3n) is 3.56. The summed E-state index contributed by atoms with van der Waals surface area (Å²) in [4.78, 5) is 23.8. The highest BCUT2D eigenvalue weighted by Crippen LogP contribution is 2.19. The minimum atomic E-state index is -0.513. The summed E-state index contributed by atoms with van der Waals surface area (Å²) in [5.41, 5.74) is 3.25. The molecule has 0 saturated heterocycles. The van der Waals surface area contributed by atoms with E-state index >= 15 is 0 Å². The smallest absolute Gasteiger partial charge is 0.313 e. The third-order valence-corrected chi connectivity index (χ3v) is 3.56. The summed E-state index contributed by atoms with van der Waals surface area (Å²) in [6.07, 6.45) is 0.344. The summed E-state index contributed by atoms with van der Waals surface area (Å²) in [6.45, 7) is 3.91. The molecule has 0 aliphatic rings. The zero-order valence-corrected chi connectivity index (χ0v) is 13.1. The molecule has 116 valence electrons. The number of benzene rings is 1. The fourth-order valence-corrected chi connectivity index (χ4v) is 2.31. The molecule has 2 aromatic rings. The Balaban J connectivity index is 2.26. The van der Waals surface area contributed by atoms with E-state index in [-0.39, 0.29) is 18.8 Å². The number of aryl methyl sites for hydroxylation is 1. The minimum Gasteiger partial charge on any atom is -0.466 e. The Labute approximate surface area is 129 Å². The van der Waals surface area contributed by atoms with Gasteiger partial charge < -0.3 is 4.74 Å². The maximum Gasteiger partial charge on any atom is 0.313 e. The first kappa shape index (κ1) is 15.9. The lowest BCUT2D eigenvalue weighted by Gasteiger charge is -2.04. The second kappa shape index (κ2) is 7.02. The van der Waals surface area contributed by atoms with Gasteiger partial charge in [0, 0.05) is 24.7 Å². The number of ketones is 1. The van der Waals surface area contributed by atoms with Crippen LogP contribution in [0.5, 0.6) is 0 Å². The number of hydrogen-bond acceptors (Lipinski definition) is 4. The second-order valence-corrected chi connectivity index (χ2v) is 5.10. The van der Waals surface area contributed by atoms with Crippen LogP contribution in [0.3, 0.4) is 0 Å². The fourth-order valence-electron chi connectivity index (χ4n) is 2.31. The molecule has 1 heterocycles. The van der Waals surface area contributed by atoms with Crippen molar-refractivity contribution in [2.24, 2.45) is 7.05 Å². The largest absolute Gasteiger partial charge is 0.466 e. The molecule has 0 amide bonds. The summed E-state index contributed by atoms with van der Waals surface area (Å²) in [6, 6.07) is 9.88. The van der Waals surface area contributed by atoms with Crippen molar-refractivity contribution in [1.29, 1.82) is 0 Å². The number of carbonyl (C=O) groups excluding carboxylic acids is 2. The Morgan fingerprint density at radius 1 is 1.23 bits per heavy atom. The molecule has 0 spiro atoms. The van der Waals surface area contributed by atoms with Crippen molar-refractivity contribution >= 4 is 11.8 Å². The molecule has 5 heteroatoms. The molecule has 0 unspecified atom stereocenters. The van der Waals surface area contributed by atoms with Crippen molar-refractivity contribution in [3.63, 3.8) is 0 Å². The SMILES string of the molecule is CCOC(=O)CC(=O)c1nn(C)c(C)c1Cc1ccccc1. The molecule has 0 aliphatic carbocycles.